The highest BCUT2D eigenvalue weighted by Gasteiger charge is 2.10. The lowest BCUT2D eigenvalue weighted by Crippen LogP contribution is -2.36. The molecule has 1 fully saturated rings. The van der Waals surface area contributed by atoms with Crippen LogP contribution in [0.4, 0.5) is 0 Å². The van der Waals surface area contributed by atoms with Crippen LogP contribution in [-0.2, 0) is 19.6 Å². The van der Waals surface area contributed by atoms with Gasteiger partial charge >= 0.3 is 0 Å². The van der Waals surface area contributed by atoms with Crippen molar-refractivity contribution in [3.8, 4) is 0 Å². The molecule has 180 valence electrons. The largest absolute Gasteiger partial charge is 0.352 e. The summed E-state index contributed by atoms with van der Waals surface area (Å²) in [6.07, 6.45) is 5.37. The van der Waals surface area contributed by atoms with Crippen molar-refractivity contribution in [3.05, 3.63) is 70.8 Å². The van der Waals surface area contributed by atoms with Crippen molar-refractivity contribution in [3.63, 3.8) is 0 Å². The molecule has 1 amide bonds. The van der Waals surface area contributed by atoms with E-state index in [0.717, 1.165) is 24.6 Å². The van der Waals surface area contributed by atoms with E-state index in [9.17, 15) is 4.79 Å². The average molecular weight is 564 g/mol. The molecule has 0 unspecified atom stereocenters. The second-order valence-corrected chi connectivity index (χ2v) is 8.69. The molecule has 2 N–H and O–H groups in total. The van der Waals surface area contributed by atoms with Gasteiger partial charge in [-0.15, -0.1) is 24.0 Å². The fraction of sp³-hybridized carbons (Fsp3) is 0.462. The molecular formula is C26H38IN5O. The Morgan fingerprint density at radius 1 is 0.909 bits per heavy atom. The maximum absolute atomic E-state index is 12.0. The van der Waals surface area contributed by atoms with Gasteiger partial charge in [-0.1, -0.05) is 49.2 Å². The second-order valence-electron chi connectivity index (χ2n) is 8.69. The van der Waals surface area contributed by atoms with Crippen molar-refractivity contribution in [2.45, 2.75) is 45.3 Å². The van der Waals surface area contributed by atoms with Crippen molar-refractivity contribution in [2.75, 3.05) is 34.2 Å². The molecule has 1 aliphatic heterocycles. The van der Waals surface area contributed by atoms with E-state index in [4.69, 9.17) is 0 Å². The van der Waals surface area contributed by atoms with Gasteiger partial charge in [0.2, 0.25) is 0 Å². The Kier molecular flexibility index (Phi) is 11.7. The van der Waals surface area contributed by atoms with Crippen LogP contribution in [0.2, 0.25) is 0 Å². The number of hydrogen-bond acceptors (Lipinski definition) is 3. The molecule has 3 rings (SSSR count). The molecule has 0 bridgehead atoms. The van der Waals surface area contributed by atoms with E-state index in [1.807, 2.05) is 24.3 Å². The van der Waals surface area contributed by atoms with Gasteiger partial charge < -0.3 is 15.5 Å². The van der Waals surface area contributed by atoms with Gasteiger partial charge in [-0.3, -0.25) is 14.7 Å². The van der Waals surface area contributed by atoms with Crippen LogP contribution in [0, 0.1) is 0 Å². The van der Waals surface area contributed by atoms with Crippen LogP contribution in [-0.4, -0.2) is 55.9 Å². The van der Waals surface area contributed by atoms with Crippen LogP contribution in [0.1, 0.15) is 52.7 Å². The highest BCUT2D eigenvalue weighted by Crippen LogP contribution is 2.14. The number of halogens is 1. The maximum Gasteiger partial charge on any atom is 0.253 e. The summed E-state index contributed by atoms with van der Waals surface area (Å²) in [7, 11) is 5.31. The molecule has 7 heteroatoms. The molecular weight excluding hydrogens is 525 g/mol. The number of nitrogens with one attached hydrogen (secondary N) is 2. The number of carbonyl (C=O) groups excluding carboxylic acids is 1. The summed E-state index contributed by atoms with van der Waals surface area (Å²) in [5.41, 5.74) is 4.43. The number of amides is 1. The Hall–Kier alpha value is -2.13. The van der Waals surface area contributed by atoms with E-state index in [1.54, 1.807) is 26.0 Å². The first-order chi connectivity index (χ1) is 15.5. The van der Waals surface area contributed by atoms with E-state index >= 15 is 0 Å². The minimum Gasteiger partial charge on any atom is -0.352 e. The molecule has 0 aliphatic carbocycles. The van der Waals surface area contributed by atoms with Gasteiger partial charge in [0.25, 0.3) is 5.91 Å². The quantitative estimate of drug-likeness (QED) is 0.301. The van der Waals surface area contributed by atoms with Crippen molar-refractivity contribution in [2.24, 2.45) is 4.99 Å². The monoisotopic (exact) mass is 563 g/mol. The maximum atomic E-state index is 12.0. The zero-order valence-corrected chi connectivity index (χ0v) is 22.5. The Labute approximate surface area is 215 Å². The molecule has 0 saturated carbocycles. The molecule has 0 radical (unpaired) electrons. The summed E-state index contributed by atoms with van der Waals surface area (Å²) in [6, 6.07) is 16.5. The van der Waals surface area contributed by atoms with E-state index in [2.05, 4.69) is 44.8 Å². The predicted molar refractivity (Wildman–Crippen MR) is 147 cm³/mol. The lowest BCUT2D eigenvalue weighted by Gasteiger charge is -2.20. The molecule has 6 nitrogen and oxygen atoms in total. The van der Waals surface area contributed by atoms with Crippen LogP contribution in [0.15, 0.2) is 53.5 Å². The smallest absolute Gasteiger partial charge is 0.253 e. The zero-order valence-electron chi connectivity index (χ0n) is 20.1. The van der Waals surface area contributed by atoms with Crippen LogP contribution in [0.25, 0.3) is 0 Å². The topological polar surface area (TPSA) is 60.0 Å². The highest BCUT2D eigenvalue weighted by molar-refractivity contribution is 14.0. The third-order valence-electron chi connectivity index (χ3n) is 5.85. The van der Waals surface area contributed by atoms with Crippen LogP contribution < -0.4 is 10.6 Å². The van der Waals surface area contributed by atoms with Crippen LogP contribution >= 0.6 is 24.0 Å². The third-order valence-corrected chi connectivity index (χ3v) is 5.85. The fourth-order valence-electron chi connectivity index (χ4n) is 4.01. The normalized spacial score (nSPS) is 14.7. The van der Waals surface area contributed by atoms with Gasteiger partial charge in [0.15, 0.2) is 5.96 Å². The highest BCUT2D eigenvalue weighted by atomic mass is 127. The Balaban J connectivity index is 0.00000385. The van der Waals surface area contributed by atoms with Gasteiger partial charge in [-0.25, -0.2) is 0 Å². The first-order valence-corrected chi connectivity index (χ1v) is 11.6. The predicted octanol–water partition coefficient (Wildman–Crippen LogP) is 4.25. The number of benzene rings is 2. The summed E-state index contributed by atoms with van der Waals surface area (Å²) in [6.45, 7) is 4.83. The van der Waals surface area contributed by atoms with Crippen molar-refractivity contribution in [1.82, 2.24) is 20.4 Å². The number of nitrogens with zero attached hydrogens (tertiary/aromatic N) is 3. The Morgan fingerprint density at radius 3 is 2.12 bits per heavy atom. The van der Waals surface area contributed by atoms with Crippen molar-refractivity contribution >= 4 is 35.8 Å². The lowest BCUT2D eigenvalue weighted by atomic mass is 10.1. The van der Waals surface area contributed by atoms with Crippen molar-refractivity contribution < 1.29 is 4.79 Å². The SMILES string of the molecule is CN=C(NCc1ccc(C(=O)N(C)C)cc1)NCc1cccc(CN2CCCCCC2)c1.I. The fourth-order valence-corrected chi connectivity index (χ4v) is 4.01. The van der Waals surface area contributed by atoms with E-state index in [-0.39, 0.29) is 29.9 Å². The van der Waals surface area contributed by atoms with Gasteiger partial charge in [-0.05, 0) is 54.8 Å². The van der Waals surface area contributed by atoms with E-state index < -0.39 is 0 Å². The third kappa shape index (κ3) is 8.97. The summed E-state index contributed by atoms with van der Waals surface area (Å²) in [4.78, 5) is 20.5. The molecule has 1 heterocycles. The number of rotatable bonds is 7. The number of carbonyl (C=O) groups is 1. The van der Waals surface area contributed by atoms with Crippen LogP contribution in [0.3, 0.4) is 0 Å². The Morgan fingerprint density at radius 2 is 1.52 bits per heavy atom. The molecule has 2 aromatic rings. The summed E-state index contributed by atoms with van der Waals surface area (Å²) in [5.74, 6) is 0.774. The molecule has 33 heavy (non-hydrogen) atoms. The Bertz CT molecular complexity index is 890. The number of guanidine groups is 1. The zero-order chi connectivity index (χ0) is 22.8. The number of hydrogen-bond donors (Lipinski definition) is 2. The van der Waals surface area contributed by atoms with Gasteiger partial charge in [0, 0.05) is 46.3 Å². The summed E-state index contributed by atoms with van der Waals surface area (Å²) < 4.78 is 0. The first kappa shape index (κ1) is 27.1. The minimum absolute atomic E-state index is 0. The van der Waals surface area contributed by atoms with E-state index in [1.165, 1.54) is 49.9 Å². The summed E-state index contributed by atoms with van der Waals surface area (Å²) in [5, 5.41) is 6.76. The number of aliphatic imine (C=N–C) groups is 1. The number of likely N-dealkylation sites (tertiary alicyclic amines) is 1. The van der Waals surface area contributed by atoms with Gasteiger partial charge in [0.1, 0.15) is 0 Å². The molecule has 0 aromatic heterocycles. The van der Waals surface area contributed by atoms with Crippen molar-refractivity contribution in [1.29, 1.82) is 0 Å². The standard InChI is InChI=1S/C26H37N5O.HI/c1-27-26(28-18-21-11-13-24(14-12-21)25(32)30(2)3)29-19-22-9-8-10-23(17-22)20-31-15-6-4-5-7-16-31;/h8-14,17H,4-7,15-16,18-20H2,1-3H3,(H2,27,28,29);1H. The minimum atomic E-state index is 0. The first-order valence-electron chi connectivity index (χ1n) is 11.6. The van der Waals surface area contributed by atoms with Gasteiger partial charge in [0.05, 0.1) is 0 Å². The molecule has 2 aromatic carbocycles. The van der Waals surface area contributed by atoms with Crippen LogP contribution in [0.5, 0.6) is 0 Å². The average Bonchev–Trinajstić information content (AvgIpc) is 3.08. The second kappa shape index (κ2) is 14.2. The lowest BCUT2D eigenvalue weighted by molar-refractivity contribution is 0.0827. The molecule has 1 saturated heterocycles. The molecule has 1 aliphatic rings. The summed E-state index contributed by atoms with van der Waals surface area (Å²) >= 11 is 0. The van der Waals surface area contributed by atoms with Gasteiger partial charge in [-0.2, -0.15) is 0 Å². The van der Waals surface area contributed by atoms with E-state index in [0.29, 0.717) is 12.1 Å². The molecule has 0 spiro atoms. The molecule has 0 atom stereocenters.